The van der Waals surface area contributed by atoms with Crippen molar-refractivity contribution in [2.45, 2.75) is 82.0 Å². The van der Waals surface area contributed by atoms with Gasteiger partial charge in [0.05, 0.1) is 34.6 Å². The van der Waals surface area contributed by atoms with E-state index in [0.29, 0.717) is 24.9 Å². The molecule has 4 saturated heterocycles. The number of fused-ring (bicyclic) bond motifs is 3. The fourth-order valence-electron chi connectivity index (χ4n) is 8.60. The van der Waals surface area contributed by atoms with Gasteiger partial charge in [-0.1, -0.05) is 41.9 Å². The van der Waals surface area contributed by atoms with E-state index >= 15 is 8.78 Å². The maximum absolute atomic E-state index is 16.9. The van der Waals surface area contributed by atoms with Gasteiger partial charge in [-0.3, -0.25) is 14.7 Å². The normalized spacial score (nSPS) is 25.1. The molecule has 5 atom stereocenters. The monoisotopic (exact) mass is 809 g/mol. The van der Waals surface area contributed by atoms with Gasteiger partial charge in [0.25, 0.3) is 0 Å². The number of likely N-dealkylation sites (tertiary alicyclic amines) is 2. The molecule has 2 amide bonds. The third kappa shape index (κ3) is 7.32. The Kier molecular flexibility index (Phi) is 10.2. The van der Waals surface area contributed by atoms with Crippen LogP contribution in [0.4, 0.5) is 28.2 Å². The van der Waals surface area contributed by atoms with E-state index < -0.39 is 53.2 Å². The van der Waals surface area contributed by atoms with E-state index in [-0.39, 0.29) is 76.6 Å². The molecule has 0 saturated carbocycles. The van der Waals surface area contributed by atoms with E-state index in [2.05, 4.69) is 19.9 Å². The van der Waals surface area contributed by atoms with Gasteiger partial charge in [0.2, 0.25) is 5.91 Å². The Morgan fingerprint density at radius 1 is 1.09 bits per heavy atom. The molecule has 302 valence electrons. The van der Waals surface area contributed by atoms with Crippen LogP contribution in [0.1, 0.15) is 46.5 Å². The van der Waals surface area contributed by atoms with E-state index in [9.17, 15) is 18.4 Å². The van der Waals surface area contributed by atoms with Crippen LogP contribution in [-0.4, -0.2) is 124 Å². The lowest BCUT2D eigenvalue weighted by molar-refractivity contribution is -0.125. The van der Waals surface area contributed by atoms with Crippen LogP contribution in [0.25, 0.3) is 32.9 Å². The zero-order valence-corrected chi connectivity index (χ0v) is 32.9. The van der Waals surface area contributed by atoms with Crippen LogP contribution in [-0.2, 0) is 9.53 Å². The van der Waals surface area contributed by atoms with Gasteiger partial charge < -0.3 is 24.2 Å². The van der Waals surface area contributed by atoms with Crippen molar-refractivity contribution in [2.75, 3.05) is 51.3 Å². The molecule has 0 radical (unpaired) electrons. The lowest BCUT2D eigenvalue weighted by atomic mass is 9.95. The molecule has 16 heteroatoms. The molecule has 0 spiro atoms. The second kappa shape index (κ2) is 14.9. The van der Waals surface area contributed by atoms with Crippen molar-refractivity contribution in [2.24, 2.45) is 0 Å². The lowest BCUT2D eigenvalue weighted by Crippen LogP contribution is -2.51. The maximum atomic E-state index is 16.9. The molecule has 6 heterocycles. The van der Waals surface area contributed by atoms with Gasteiger partial charge in [0.15, 0.2) is 5.82 Å². The molecule has 8 rings (SSSR count). The summed E-state index contributed by atoms with van der Waals surface area (Å²) in [6, 6.07) is 6.37. The number of hydrogen-bond donors (Lipinski definition) is 0. The Hall–Kier alpha value is -4.76. The maximum Gasteiger partial charge on any atom is 0.410 e. The van der Waals surface area contributed by atoms with E-state index in [1.165, 1.54) is 33.0 Å². The Morgan fingerprint density at radius 3 is 2.65 bits per heavy atom. The second-order valence-corrected chi connectivity index (χ2v) is 16.8. The van der Waals surface area contributed by atoms with Gasteiger partial charge in [0, 0.05) is 56.3 Å². The highest BCUT2D eigenvalue weighted by Crippen LogP contribution is 2.42. The summed E-state index contributed by atoms with van der Waals surface area (Å²) in [5.41, 5.74) is -1.28. The Balaban J connectivity index is 1.10. The summed E-state index contributed by atoms with van der Waals surface area (Å²) in [6.45, 7) is 6.72. The number of carbonyl (C=O) groups is 2. The molecule has 2 aromatic carbocycles. The molecule has 2 aromatic heterocycles. The van der Waals surface area contributed by atoms with Crippen LogP contribution in [0.2, 0.25) is 5.02 Å². The molecule has 0 bridgehead atoms. The van der Waals surface area contributed by atoms with Crippen LogP contribution in [0.15, 0.2) is 48.7 Å². The minimum atomic E-state index is -1.51. The highest BCUT2D eigenvalue weighted by atomic mass is 35.5. The molecular weight excluding hydrogens is 766 g/mol. The fourth-order valence-corrected chi connectivity index (χ4v) is 8.87. The third-order valence-electron chi connectivity index (χ3n) is 11.6. The van der Waals surface area contributed by atoms with E-state index in [1.807, 2.05) is 0 Å². The van der Waals surface area contributed by atoms with Crippen molar-refractivity contribution in [3.8, 4) is 17.3 Å². The number of halogens is 5. The molecule has 4 aliphatic rings. The van der Waals surface area contributed by atoms with Crippen molar-refractivity contribution < 1.29 is 36.6 Å². The number of benzene rings is 2. The molecule has 4 aliphatic heterocycles. The highest BCUT2D eigenvalue weighted by molar-refractivity contribution is 6.36. The first kappa shape index (κ1) is 39.1. The number of nitrogens with zero attached hydrogens (tertiary/aromatic N) is 7. The number of pyridine rings is 1. The Morgan fingerprint density at radius 2 is 1.89 bits per heavy atom. The zero-order valence-electron chi connectivity index (χ0n) is 32.2. The van der Waals surface area contributed by atoms with Crippen molar-refractivity contribution in [3.05, 3.63) is 65.3 Å². The van der Waals surface area contributed by atoms with Crippen LogP contribution in [0, 0.1) is 11.6 Å². The number of likely N-dealkylation sites (N-methyl/N-ethyl adjacent to an activating group) is 1. The van der Waals surface area contributed by atoms with Gasteiger partial charge >= 0.3 is 12.1 Å². The van der Waals surface area contributed by atoms with Gasteiger partial charge in [-0.2, -0.15) is 9.97 Å². The van der Waals surface area contributed by atoms with E-state index in [0.717, 1.165) is 19.4 Å². The van der Waals surface area contributed by atoms with Gasteiger partial charge in [-0.25, -0.2) is 22.4 Å². The minimum Gasteiger partial charge on any atom is -0.461 e. The molecule has 11 nitrogen and oxygen atoms in total. The third-order valence-corrected chi connectivity index (χ3v) is 12.0. The van der Waals surface area contributed by atoms with Crippen LogP contribution >= 0.6 is 11.6 Å². The van der Waals surface area contributed by atoms with E-state index in [4.69, 9.17) is 21.1 Å². The first-order valence-corrected chi connectivity index (χ1v) is 19.6. The summed E-state index contributed by atoms with van der Waals surface area (Å²) in [5, 5.41) is 0.817. The molecule has 0 unspecified atom stereocenters. The van der Waals surface area contributed by atoms with Crippen molar-refractivity contribution in [1.82, 2.24) is 29.7 Å². The second-order valence-electron chi connectivity index (χ2n) is 16.5. The van der Waals surface area contributed by atoms with Crippen molar-refractivity contribution in [3.63, 3.8) is 0 Å². The quantitative estimate of drug-likeness (QED) is 0.134. The first-order chi connectivity index (χ1) is 27.1. The molecule has 0 N–H and O–H groups in total. The number of alkyl halides is 2. The first-order valence-electron chi connectivity index (χ1n) is 19.2. The SMILES string of the molecule is CN(c1nc(OC[C@@]23CCCN2C[C@H](F)C3)nc2c(F)c(-c3cccc4ccc(F)c(Cl)c34)ncc12)[C@H]1CN(C(=O)/C=C/[C@H]2CCN2C(=O)OC(C)(C)C)C[C@@H]1F. The van der Waals surface area contributed by atoms with Gasteiger partial charge in [0.1, 0.15) is 47.4 Å². The Bertz CT molecular complexity index is 2280. The van der Waals surface area contributed by atoms with E-state index in [1.54, 1.807) is 58.2 Å². The number of ether oxygens (including phenoxy) is 2. The number of aromatic nitrogens is 3. The minimum absolute atomic E-state index is 0.0208. The molecule has 57 heavy (non-hydrogen) atoms. The summed E-state index contributed by atoms with van der Waals surface area (Å²) < 4.78 is 73.8. The number of rotatable bonds is 8. The molecule has 4 aromatic rings. The van der Waals surface area contributed by atoms with Gasteiger partial charge in [-0.05, 0) is 58.0 Å². The molecular formula is C41H44ClF4N7O4. The summed E-state index contributed by atoms with van der Waals surface area (Å²) in [6.07, 6.45) is 3.93. The van der Waals surface area contributed by atoms with Crippen LogP contribution < -0.4 is 9.64 Å². The van der Waals surface area contributed by atoms with Crippen molar-refractivity contribution >= 4 is 51.1 Å². The summed E-state index contributed by atoms with van der Waals surface area (Å²) in [4.78, 5) is 46.0. The van der Waals surface area contributed by atoms with Gasteiger partial charge in [-0.15, -0.1) is 0 Å². The molecule has 4 fully saturated rings. The predicted octanol–water partition coefficient (Wildman–Crippen LogP) is 7.28. The van der Waals surface area contributed by atoms with Crippen LogP contribution in [0.5, 0.6) is 6.01 Å². The number of anilines is 1. The fraction of sp³-hybridized carbons (Fsp3) is 0.488. The summed E-state index contributed by atoms with van der Waals surface area (Å²) >= 11 is 6.41. The zero-order chi connectivity index (χ0) is 40.4. The summed E-state index contributed by atoms with van der Waals surface area (Å²) in [5.74, 6) is -1.83. The average Bonchev–Trinajstić information content (AvgIpc) is 3.82. The van der Waals surface area contributed by atoms with Crippen molar-refractivity contribution in [1.29, 1.82) is 0 Å². The number of carbonyl (C=O) groups excluding carboxylic acids is 2. The number of amides is 2. The summed E-state index contributed by atoms with van der Waals surface area (Å²) in [7, 11) is 1.60. The average molecular weight is 810 g/mol. The number of hydrogen-bond acceptors (Lipinski definition) is 9. The predicted molar refractivity (Wildman–Crippen MR) is 208 cm³/mol. The standard InChI is InChI=1S/C41H44ClF4N7O4/c1-40(2,3)57-39(55)53-16-13-25(53)10-12-31(54)51-20-29(45)30(21-51)50(4)37-27-18-47-35(26-8-5-7-23-9-11-28(44)33(42)32(23)26)34(46)36(27)48-38(49-37)56-22-41-14-6-15-52(41)19-24(43)17-41/h5,7-12,18,24-25,29-30H,6,13-17,19-22H2,1-4H3/b12-10+/t24-,25+,29+,30+,41+/m1/s1. The largest absolute Gasteiger partial charge is 0.461 e. The smallest absolute Gasteiger partial charge is 0.410 e. The van der Waals surface area contributed by atoms with Crippen LogP contribution in [0.3, 0.4) is 0 Å². The Labute approximate surface area is 332 Å². The lowest BCUT2D eigenvalue weighted by Gasteiger charge is -2.39. The topological polar surface area (TPSA) is 104 Å². The molecule has 0 aliphatic carbocycles. The highest BCUT2D eigenvalue weighted by Gasteiger charge is 2.49.